The Kier molecular flexibility index (Phi) is 16.9. The Balaban J connectivity index is 2.15. The van der Waals surface area contributed by atoms with Crippen LogP contribution in [0, 0.1) is 23.2 Å². The molecular weight excluding hydrogens is 730 g/mol. The van der Waals surface area contributed by atoms with E-state index in [4.69, 9.17) is 9.47 Å². The molecule has 0 bridgehead atoms. The van der Waals surface area contributed by atoms with E-state index in [1.54, 1.807) is 85.7 Å². The smallest absolute Gasteiger partial charge is 0.329 e. The lowest BCUT2D eigenvalue weighted by Gasteiger charge is -2.38. The molecular formula is C43H65N5O9. The van der Waals surface area contributed by atoms with Gasteiger partial charge in [-0.1, -0.05) is 78.0 Å². The Bertz CT molecular complexity index is 1610. The number of ether oxygens (including phenoxy) is 2. The highest BCUT2D eigenvalue weighted by Gasteiger charge is 2.45. The van der Waals surface area contributed by atoms with E-state index >= 15 is 0 Å². The number of esters is 2. The highest BCUT2D eigenvalue weighted by Crippen LogP contribution is 2.30. The molecule has 0 unspecified atom stereocenters. The number of hydrogen-bond acceptors (Lipinski definition) is 9. The number of hydrogen-bond donors (Lipinski definition) is 3. The predicted octanol–water partition coefficient (Wildman–Crippen LogP) is 3.71. The first-order valence-corrected chi connectivity index (χ1v) is 20.3. The lowest BCUT2D eigenvalue weighted by atomic mass is 9.82. The second-order valence-electron chi connectivity index (χ2n) is 17.0. The first-order chi connectivity index (χ1) is 26.7. The number of unbranched alkanes of at least 4 members (excludes halogenated alkanes) is 1. The third-order valence-electron chi connectivity index (χ3n) is 11.0. The van der Waals surface area contributed by atoms with Gasteiger partial charge in [-0.15, -0.1) is 6.58 Å². The first-order valence-electron chi connectivity index (χ1n) is 20.3. The normalized spacial score (nSPS) is 27.5. The summed E-state index contributed by atoms with van der Waals surface area (Å²) >= 11 is 0. The molecule has 57 heavy (non-hydrogen) atoms. The van der Waals surface area contributed by atoms with Gasteiger partial charge in [-0.2, -0.15) is 0 Å². The summed E-state index contributed by atoms with van der Waals surface area (Å²) in [6.07, 6.45) is 1.65. The predicted molar refractivity (Wildman–Crippen MR) is 215 cm³/mol. The van der Waals surface area contributed by atoms with Crippen LogP contribution in [-0.4, -0.2) is 107 Å². The van der Waals surface area contributed by atoms with Gasteiger partial charge in [0.05, 0.1) is 5.41 Å². The van der Waals surface area contributed by atoms with Crippen molar-refractivity contribution < 1.29 is 43.0 Å². The van der Waals surface area contributed by atoms with Gasteiger partial charge in [0, 0.05) is 20.0 Å². The van der Waals surface area contributed by atoms with Crippen molar-refractivity contribution >= 4 is 41.5 Å². The fraction of sp³-hybridized carbons (Fsp3) is 0.651. The van der Waals surface area contributed by atoms with Gasteiger partial charge in [0.15, 0.2) is 6.10 Å². The monoisotopic (exact) mass is 795 g/mol. The van der Waals surface area contributed by atoms with Crippen LogP contribution in [0.3, 0.4) is 0 Å². The summed E-state index contributed by atoms with van der Waals surface area (Å²) in [5.74, 6) is -5.77. The zero-order valence-electron chi connectivity index (χ0n) is 35.5. The summed E-state index contributed by atoms with van der Waals surface area (Å²) in [5.41, 5.74) is -0.639. The molecule has 0 saturated carbocycles. The van der Waals surface area contributed by atoms with E-state index in [0.717, 1.165) is 0 Å². The van der Waals surface area contributed by atoms with Crippen LogP contribution in [0.15, 0.2) is 43.0 Å². The number of likely N-dealkylation sites (N-methyl/N-ethyl adjacent to an activating group) is 1. The van der Waals surface area contributed by atoms with E-state index in [2.05, 4.69) is 22.5 Å². The maximum atomic E-state index is 14.4. The SMILES string of the molecule is C=CCCC[C@@H]1OC(=O)[C@H](C)NC(=O)[C@H](C(C)C)NC(=O)[C@@H]2CCCN2C(=O)[C@H](Cc2ccccc2)OC(=O)[C@@H](C(C)C)N(C)C(=O)[C@H](C(C)C)NC(=O)C1(C)C. The van der Waals surface area contributed by atoms with Gasteiger partial charge in [0.25, 0.3) is 5.91 Å². The molecule has 2 aliphatic rings. The minimum Gasteiger partial charge on any atom is -0.460 e. The number of benzene rings is 1. The minimum absolute atomic E-state index is 0.0114. The fourth-order valence-electron chi connectivity index (χ4n) is 7.33. The summed E-state index contributed by atoms with van der Waals surface area (Å²) in [6, 6.07) is 3.62. The topological polar surface area (TPSA) is 181 Å². The molecule has 0 radical (unpaired) electrons. The highest BCUT2D eigenvalue weighted by atomic mass is 16.6. The Morgan fingerprint density at radius 3 is 2.04 bits per heavy atom. The molecule has 0 aliphatic carbocycles. The Morgan fingerprint density at radius 2 is 1.46 bits per heavy atom. The number of amides is 5. The molecule has 0 aromatic heterocycles. The summed E-state index contributed by atoms with van der Waals surface area (Å²) in [4.78, 5) is 101. The average Bonchev–Trinajstić information content (AvgIpc) is 3.64. The third-order valence-corrected chi connectivity index (χ3v) is 11.0. The van der Waals surface area contributed by atoms with E-state index in [1.165, 1.54) is 23.8 Å². The van der Waals surface area contributed by atoms with Crippen molar-refractivity contribution in [1.82, 2.24) is 25.8 Å². The van der Waals surface area contributed by atoms with E-state index in [-0.39, 0.29) is 19.4 Å². The van der Waals surface area contributed by atoms with E-state index < -0.39 is 107 Å². The van der Waals surface area contributed by atoms with Crippen LogP contribution in [0.25, 0.3) is 0 Å². The average molecular weight is 796 g/mol. The molecule has 2 aliphatic heterocycles. The van der Waals surface area contributed by atoms with Crippen molar-refractivity contribution in [2.75, 3.05) is 13.6 Å². The van der Waals surface area contributed by atoms with Crippen molar-refractivity contribution in [3.05, 3.63) is 48.6 Å². The van der Waals surface area contributed by atoms with Crippen molar-refractivity contribution in [3.8, 4) is 0 Å². The molecule has 0 spiro atoms. The summed E-state index contributed by atoms with van der Waals surface area (Å²) < 4.78 is 12.0. The number of cyclic esters (lactones) is 2. The Hall–Kier alpha value is -4.75. The van der Waals surface area contributed by atoms with Crippen LogP contribution in [0.4, 0.5) is 0 Å². The summed E-state index contributed by atoms with van der Waals surface area (Å²) in [7, 11) is 1.47. The molecule has 1 aromatic carbocycles. The fourth-order valence-corrected chi connectivity index (χ4v) is 7.33. The molecule has 316 valence electrons. The number of carbonyl (C=O) groups excluding carboxylic acids is 7. The summed E-state index contributed by atoms with van der Waals surface area (Å²) in [6.45, 7) is 19.2. The first kappa shape index (κ1) is 46.6. The van der Waals surface area contributed by atoms with Gasteiger partial charge in [-0.3, -0.25) is 24.0 Å². The largest absolute Gasteiger partial charge is 0.460 e. The molecule has 3 rings (SSSR count). The van der Waals surface area contributed by atoms with Gasteiger partial charge in [0.2, 0.25) is 23.6 Å². The minimum atomic E-state index is -1.35. The number of carbonyl (C=O) groups is 7. The maximum absolute atomic E-state index is 14.4. The molecule has 2 heterocycles. The lowest BCUT2D eigenvalue weighted by molar-refractivity contribution is -0.169. The van der Waals surface area contributed by atoms with Crippen molar-refractivity contribution in [1.29, 1.82) is 0 Å². The van der Waals surface area contributed by atoms with Crippen LogP contribution < -0.4 is 16.0 Å². The van der Waals surface area contributed by atoms with Crippen molar-refractivity contribution in [2.24, 2.45) is 23.2 Å². The highest BCUT2D eigenvalue weighted by molar-refractivity contribution is 5.96. The van der Waals surface area contributed by atoms with Gasteiger partial charge in [-0.05, 0) is 76.2 Å². The summed E-state index contributed by atoms with van der Waals surface area (Å²) in [5, 5.41) is 8.35. The molecule has 2 saturated heterocycles. The van der Waals surface area contributed by atoms with E-state index in [1.807, 2.05) is 6.07 Å². The number of nitrogens with zero attached hydrogens (tertiary/aromatic N) is 2. The van der Waals surface area contributed by atoms with E-state index in [9.17, 15) is 33.6 Å². The molecule has 3 N–H and O–H groups in total. The molecule has 1 aromatic rings. The lowest BCUT2D eigenvalue weighted by Crippen LogP contribution is -2.60. The molecule has 14 nitrogen and oxygen atoms in total. The van der Waals surface area contributed by atoms with Crippen LogP contribution in [0.5, 0.6) is 0 Å². The second kappa shape index (κ2) is 20.6. The van der Waals surface area contributed by atoms with Gasteiger partial charge in [0.1, 0.15) is 36.3 Å². The molecule has 7 atom stereocenters. The second-order valence-corrected chi connectivity index (χ2v) is 17.0. The third kappa shape index (κ3) is 11.9. The number of allylic oxidation sites excluding steroid dienone is 1. The van der Waals surface area contributed by atoms with Gasteiger partial charge >= 0.3 is 11.9 Å². The molecule has 14 heteroatoms. The Morgan fingerprint density at radius 1 is 0.825 bits per heavy atom. The standard InChI is InChI=1S/C43H65N5O9/c1-12-13-15-22-32-43(9,10)42(55)46-34(26(4)5)39(52)47(11)35(27(6)7)41(54)56-31(24-29-19-16-14-17-20-29)38(51)48-23-18-21-30(48)36(49)45-33(25(2)3)37(50)44-28(8)40(53)57-32/h12,14,16-17,19-20,25-28,30-35H,1,13,15,18,21-24H2,2-11H3,(H,44,50)(H,45,49)(H,46,55)/t28-,30-,31-,32-,33-,34-,35+/m0/s1. The van der Waals surface area contributed by atoms with Crippen molar-refractivity contribution in [2.45, 2.75) is 143 Å². The van der Waals surface area contributed by atoms with Crippen LogP contribution in [0.1, 0.15) is 100.0 Å². The van der Waals surface area contributed by atoms with Crippen LogP contribution >= 0.6 is 0 Å². The van der Waals surface area contributed by atoms with Crippen LogP contribution in [0.2, 0.25) is 0 Å². The van der Waals surface area contributed by atoms with E-state index in [0.29, 0.717) is 31.2 Å². The van der Waals surface area contributed by atoms with Gasteiger partial charge in [-0.25, -0.2) is 9.59 Å². The maximum Gasteiger partial charge on any atom is 0.329 e. The molecule has 5 amide bonds. The Labute approximate surface area is 338 Å². The number of nitrogens with one attached hydrogen (secondary N) is 3. The molecule has 2 fully saturated rings. The zero-order chi connectivity index (χ0) is 42.8. The van der Waals surface area contributed by atoms with Crippen LogP contribution in [-0.2, 0) is 49.5 Å². The number of rotatable bonds is 9. The zero-order valence-corrected chi connectivity index (χ0v) is 35.5. The van der Waals surface area contributed by atoms with Crippen molar-refractivity contribution in [3.63, 3.8) is 0 Å². The van der Waals surface area contributed by atoms with Gasteiger partial charge < -0.3 is 35.2 Å². The number of fused-ring (bicyclic) bond motifs is 1. The quantitative estimate of drug-likeness (QED) is 0.191.